The van der Waals surface area contributed by atoms with E-state index in [0.717, 1.165) is 16.5 Å². The summed E-state index contributed by atoms with van der Waals surface area (Å²) in [6, 6.07) is 13.1. The molecule has 1 amide bonds. The summed E-state index contributed by atoms with van der Waals surface area (Å²) in [7, 11) is -4.31. The molecule has 7 heteroatoms. The minimum absolute atomic E-state index is 0.284. The second-order valence-corrected chi connectivity index (χ2v) is 7.91. The number of likely N-dealkylation sites (tertiary alicyclic amines) is 1. The van der Waals surface area contributed by atoms with Gasteiger partial charge in [0.05, 0.1) is 0 Å². The Kier molecular flexibility index (Phi) is 4.63. The van der Waals surface area contributed by atoms with Crippen LogP contribution in [0.4, 0.5) is 5.69 Å². The number of hydrogen-bond acceptors (Lipinski definition) is 3. The van der Waals surface area contributed by atoms with Crippen LogP contribution in [-0.4, -0.2) is 39.0 Å². The first-order valence-electron chi connectivity index (χ1n) is 7.98. The average molecular weight is 348 g/mol. The van der Waals surface area contributed by atoms with Crippen molar-refractivity contribution < 1.29 is 19.1 Å². The summed E-state index contributed by atoms with van der Waals surface area (Å²) in [6.45, 7) is 2.11. The van der Waals surface area contributed by atoms with Gasteiger partial charge < -0.3 is 20.0 Å². The normalized spacial score (nSPS) is 19.5. The van der Waals surface area contributed by atoms with Gasteiger partial charge in [0, 0.05) is 17.6 Å². The number of benzene rings is 2. The van der Waals surface area contributed by atoms with Crippen LogP contribution in [0.15, 0.2) is 42.5 Å². The number of anilines is 1. The highest BCUT2D eigenvalue weighted by molar-refractivity contribution is 7.52. The van der Waals surface area contributed by atoms with Gasteiger partial charge in [0.1, 0.15) is 11.8 Å². The molecule has 0 saturated carbocycles. The number of nitrogens with one attached hydrogen (secondary N) is 1. The smallest absolute Gasteiger partial charge is 0.347 e. The molecule has 1 heterocycles. The Morgan fingerprint density at radius 3 is 2.71 bits per heavy atom. The van der Waals surface area contributed by atoms with Crippen LogP contribution < -0.4 is 5.32 Å². The van der Waals surface area contributed by atoms with Crippen molar-refractivity contribution >= 4 is 30.0 Å². The van der Waals surface area contributed by atoms with E-state index in [9.17, 15) is 19.1 Å². The predicted octanol–water partition coefficient (Wildman–Crippen LogP) is 2.77. The van der Waals surface area contributed by atoms with E-state index in [4.69, 9.17) is 0 Å². The number of carbonyl (C=O) groups excluding carboxylic acids is 1. The van der Waals surface area contributed by atoms with Crippen LogP contribution in [-0.2, 0) is 9.36 Å². The Labute approximate surface area is 140 Å². The lowest BCUT2D eigenvalue weighted by atomic mass is 10.1. The average Bonchev–Trinajstić information content (AvgIpc) is 3.04. The Morgan fingerprint density at radius 1 is 1.25 bits per heavy atom. The number of fused-ring (bicyclic) bond motifs is 1. The van der Waals surface area contributed by atoms with Gasteiger partial charge in [-0.15, -0.1) is 0 Å². The van der Waals surface area contributed by atoms with E-state index in [1.807, 2.05) is 42.5 Å². The molecule has 1 saturated heterocycles. The first kappa shape index (κ1) is 17.0. The maximum Gasteiger partial charge on any atom is 0.347 e. The summed E-state index contributed by atoms with van der Waals surface area (Å²) in [5.74, 6) is -1.28. The fraction of sp³-hybridized carbons (Fsp3) is 0.353. The molecule has 1 aliphatic heterocycles. The Morgan fingerprint density at radius 2 is 1.96 bits per heavy atom. The van der Waals surface area contributed by atoms with Crippen LogP contribution in [0, 0.1) is 0 Å². The van der Waals surface area contributed by atoms with Gasteiger partial charge >= 0.3 is 7.60 Å². The molecule has 6 nitrogen and oxygen atoms in total. The minimum Gasteiger partial charge on any atom is -0.373 e. The Balaban J connectivity index is 1.80. The highest BCUT2D eigenvalue weighted by Crippen LogP contribution is 2.48. The zero-order chi connectivity index (χ0) is 17.3. The van der Waals surface area contributed by atoms with Gasteiger partial charge in [-0.25, -0.2) is 0 Å². The third-order valence-corrected chi connectivity index (χ3v) is 5.74. The Hall–Kier alpha value is -1.88. The zero-order valence-corrected chi connectivity index (χ0v) is 14.3. The second-order valence-electron chi connectivity index (χ2n) is 6.14. The fourth-order valence-corrected chi connectivity index (χ4v) is 4.36. The molecule has 2 aromatic carbocycles. The number of nitrogens with zero attached hydrogens (tertiary/aromatic N) is 1. The lowest BCUT2D eigenvalue weighted by molar-refractivity contribution is -0.131. The van der Waals surface area contributed by atoms with E-state index in [2.05, 4.69) is 5.32 Å². The van der Waals surface area contributed by atoms with Gasteiger partial charge in [0.25, 0.3) is 0 Å². The third-order valence-electron chi connectivity index (χ3n) is 4.42. The third kappa shape index (κ3) is 3.31. The van der Waals surface area contributed by atoms with E-state index in [1.165, 1.54) is 4.90 Å². The van der Waals surface area contributed by atoms with E-state index >= 15 is 0 Å². The van der Waals surface area contributed by atoms with Crippen molar-refractivity contribution in [2.75, 3.05) is 11.9 Å². The number of carbonyl (C=O) groups is 1. The van der Waals surface area contributed by atoms with E-state index in [-0.39, 0.29) is 5.91 Å². The zero-order valence-electron chi connectivity index (χ0n) is 13.4. The molecule has 2 aromatic rings. The summed E-state index contributed by atoms with van der Waals surface area (Å²) in [5, 5.41) is 5.26. The van der Waals surface area contributed by atoms with E-state index in [0.29, 0.717) is 19.4 Å². The highest BCUT2D eigenvalue weighted by atomic mass is 31.2. The second kappa shape index (κ2) is 6.55. The maximum atomic E-state index is 12.7. The molecule has 2 atom stereocenters. The van der Waals surface area contributed by atoms with E-state index < -0.39 is 19.4 Å². The van der Waals surface area contributed by atoms with Crippen LogP contribution >= 0.6 is 7.60 Å². The molecule has 1 fully saturated rings. The predicted molar refractivity (Wildman–Crippen MR) is 93.8 cm³/mol. The number of hydrogen-bond donors (Lipinski definition) is 3. The topological polar surface area (TPSA) is 89.9 Å². The highest BCUT2D eigenvalue weighted by Gasteiger charge is 2.41. The molecule has 0 aromatic heterocycles. The van der Waals surface area contributed by atoms with Crippen LogP contribution in [0.25, 0.3) is 10.8 Å². The molecule has 0 unspecified atom stereocenters. The van der Waals surface area contributed by atoms with Gasteiger partial charge in [-0.3, -0.25) is 9.36 Å². The summed E-state index contributed by atoms with van der Waals surface area (Å²) >= 11 is 0. The monoisotopic (exact) mass is 348 g/mol. The van der Waals surface area contributed by atoms with Crippen LogP contribution in [0.2, 0.25) is 0 Å². The van der Waals surface area contributed by atoms with Crippen LogP contribution in [0.5, 0.6) is 0 Å². The quantitative estimate of drug-likeness (QED) is 0.739. The minimum atomic E-state index is -4.31. The van der Waals surface area contributed by atoms with Crippen molar-refractivity contribution in [2.45, 2.75) is 31.6 Å². The lowest BCUT2D eigenvalue weighted by Gasteiger charge is -2.28. The maximum absolute atomic E-state index is 12.7. The van der Waals surface area contributed by atoms with Crippen LogP contribution in [0.3, 0.4) is 0 Å². The first-order valence-corrected chi connectivity index (χ1v) is 9.66. The van der Waals surface area contributed by atoms with Crippen molar-refractivity contribution in [3.05, 3.63) is 42.5 Å². The molecule has 128 valence electrons. The first-order chi connectivity index (χ1) is 11.4. The number of rotatable bonds is 4. The van der Waals surface area contributed by atoms with Crippen molar-refractivity contribution in [3.63, 3.8) is 0 Å². The molecule has 3 rings (SSSR count). The van der Waals surface area contributed by atoms with Crippen molar-refractivity contribution in [1.29, 1.82) is 0 Å². The molecule has 0 aliphatic carbocycles. The molecule has 3 N–H and O–H groups in total. The largest absolute Gasteiger partial charge is 0.373 e. The SMILES string of the molecule is C[C@H](Nc1cccc2ccccc12)C(=O)N1CCC[C@@H]1P(=O)(O)O. The van der Waals surface area contributed by atoms with Crippen molar-refractivity contribution in [1.82, 2.24) is 4.90 Å². The summed E-state index contributed by atoms with van der Waals surface area (Å²) in [4.78, 5) is 32.9. The molecule has 1 aliphatic rings. The summed E-state index contributed by atoms with van der Waals surface area (Å²) in [5.41, 5.74) is 0.834. The standard InChI is InChI=1S/C17H21N2O4P/c1-12(17(20)19-11-5-10-16(19)24(21,22)23)18-15-9-4-7-13-6-2-3-8-14(13)15/h2-4,6-9,12,16,18H,5,10-11H2,1H3,(H2,21,22,23)/t12-,16-/m0/s1. The van der Waals surface area contributed by atoms with E-state index in [1.54, 1.807) is 6.92 Å². The van der Waals surface area contributed by atoms with Gasteiger partial charge in [-0.05, 0) is 31.2 Å². The van der Waals surface area contributed by atoms with Gasteiger partial charge in [-0.2, -0.15) is 0 Å². The molecule has 0 spiro atoms. The molecular weight excluding hydrogens is 327 g/mol. The Bertz CT molecular complexity index is 799. The van der Waals surface area contributed by atoms with Crippen molar-refractivity contribution in [3.8, 4) is 0 Å². The molecule has 24 heavy (non-hydrogen) atoms. The molecular formula is C17H21N2O4P. The summed E-state index contributed by atoms with van der Waals surface area (Å²) < 4.78 is 11.6. The summed E-state index contributed by atoms with van der Waals surface area (Å²) in [6.07, 6.45) is 0.958. The fourth-order valence-electron chi connectivity index (χ4n) is 3.25. The number of amides is 1. The van der Waals surface area contributed by atoms with Crippen molar-refractivity contribution in [2.24, 2.45) is 0 Å². The lowest BCUT2D eigenvalue weighted by Crippen LogP contribution is -2.43. The van der Waals surface area contributed by atoms with Gasteiger partial charge in [0.15, 0.2) is 0 Å². The van der Waals surface area contributed by atoms with Gasteiger partial charge in [-0.1, -0.05) is 36.4 Å². The van der Waals surface area contributed by atoms with Crippen LogP contribution in [0.1, 0.15) is 19.8 Å². The molecule has 0 radical (unpaired) electrons. The van der Waals surface area contributed by atoms with Gasteiger partial charge in [0.2, 0.25) is 5.91 Å². The molecule has 0 bridgehead atoms.